The molecule has 0 bridgehead atoms. The van der Waals surface area contributed by atoms with Gasteiger partial charge in [-0.05, 0) is 6.07 Å². The molecule has 0 radical (unpaired) electrons. The van der Waals surface area contributed by atoms with Gasteiger partial charge in [0.1, 0.15) is 12.7 Å². The zero-order valence-electron chi connectivity index (χ0n) is 12.4. The van der Waals surface area contributed by atoms with Gasteiger partial charge in [-0.25, -0.2) is 14.6 Å². The number of fused-ring (bicyclic) bond motifs is 1. The second kappa shape index (κ2) is 6.42. The highest BCUT2D eigenvalue weighted by atomic mass is 35.5. The Labute approximate surface area is 147 Å². The summed E-state index contributed by atoms with van der Waals surface area (Å²) >= 11 is 1.54. The van der Waals surface area contributed by atoms with Gasteiger partial charge in [-0.15, -0.1) is 23.7 Å². The number of thiazole rings is 1. The Morgan fingerprint density at radius 1 is 1.29 bits per heavy atom. The molecule has 7 nitrogen and oxygen atoms in total. The maximum Gasteiger partial charge on any atom is 0.249 e. The van der Waals surface area contributed by atoms with Gasteiger partial charge in [-0.3, -0.25) is 9.20 Å². The SMILES string of the molecule is Cl.NC(=O)c1ccccc1-c1cn2c(Cn3cncn3)csc2n1. The average molecular weight is 361 g/mol. The Morgan fingerprint density at radius 3 is 2.88 bits per heavy atom. The third kappa shape index (κ3) is 2.77. The molecule has 1 amide bonds. The average Bonchev–Trinajstić information content (AvgIpc) is 3.26. The second-order valence-electron chi connectivity index (χ2n) is 5.01. The Balaban J connectivity index is 0.00000169. The molecule has 4 aromatic rings. The number of aromatic nitrogens is 5. The van der Waals surface area contributed by atoms with Gasteiger partial charge in [0, 0.05) is 22.7 Å². The number of hydrogen-bond donors (Lipinski definition) is 1. The summed E-state index contributed by atoms with van der Waals surface area (Å²) in [4.78, 5) is 21.0. The summed E-state index contributed by atoms with van der Waals surface area (Å²) < 4.78 is 3.75. The number of hydrogen-bond acceptors (Lipinski definition) is 5. The Morgan fingerprint density at radius 2 is 2.12 bits per heavy atom. The zero-order chi connectivity index (χ0) is 15.8. The lowest BCUT2D eigenvalue weighted by molar-refractivity contribution is 0.100. The monoisotopic (exact) mass is 360 g/mol. The summed E-state index contributed by atoms with van der Waals surface area (Å²) in [7, 11) is 0. The van der Waals surface area contributed by atoms with Crippen LogP contribution in [0.15, 0.2) is 48.5 Å². The highest BCUT2D eigenvalue weighted by molar-refractivity contribution is 7.15. The number of rotatable bonds is 4. The summed E-state index contributed by atoms with van der Waals surface area (Å²) in [5.74, 6) is -0.459. The lowest BCUT2D eigenvalue weighted by atomic mass is 10.0. The van der Waals surface area contributed by atoms with Crippen molar-refractivity contribution in [2.24, 2.45) is 5.73 Å². The van der Waals surface area contributed by atoms with Crippen LogP contribution in [-0.2, 0) is 6.54 Å². The van der Waals surface area contributed by atoms with Crippen LogP contribution in [0.4, 0.5) is 0 Å². The molecular weight excluding hydrogens is 348 g/mol. The smallest absolute Gasteiger partial charge is 0.249 e. The minimum atomic E-state index is -0.459. The predicted octanol–water partition coefficient (Wildman–Crippen LogP) is 2.22. The fourth-order valence-corrected chi connectivity index (χ4v) is 3.34. The van der Waals surface area contributed by atoms with Crippen LogP contribution >= 0.6 is 23.7 Å². The Hall–Kier alpha value is -2.71. The number of primary amides is 1. The molecule has 0 aliphatic heterocycles. The van der Waals surface area contributed by atoms with Gasteiger partial charge in [0.2, 0.25) is 5.91 Å². The molecule has 3 heterocycles. The van der Waals surface area contributed by atoms with E-state index in [-0.39, 0.29) is 12.4 Å². The van der Waals surface area contributed by atoms with E-state index in [9.17, 15) is 4.79 Å². The molecule has 0 saturated carbocycles. The summed E-state index contributed by atoms with van der Waals surface area (Å²) in [6.45, 7) is 0.604. The Kier molecular flexibility index (Phi) is 4.32. The first-order chi connectivity index (χ1) is 11.2. The van der Waals surface area contributed by atoms with Gasteiger partial charge in [0.05, 0.1) is 17.9 Å². The van der Waals surface area contributed by atoms with E-state index in [0.717, 1.165) is 21.9 Å². The van der Waals surface area contributed by atoms with Crippen molar-refractivity contribution >= 4 is 34.6 Å². The Bertz CT molecular complexity index is 991. The van der Waals surface area contributed by atoms with Gasteiger partial charge >= 0.3 is 0 Å². The molecule has 0 aliphatic carbocycles. The summed E-state index contributed by atoms with van der Waals surface area (Å²) in [6.07, 6.45) is 5.09. The minimum absolute atomic E-state index is 0. The topological polar surface area (TPSA) is 91.1 Å². The van der Waals surface area contributed by atoms with Crippen molar-refractivity contribution in [2.45, 2.75) is 6.54 Å². The van der Waals surface area contributed by atoms with Gasteiger partial charge in [0.15, 0.2) is 4.96 Å². The molecule has 0 aliphatic rings. The predicted molar refractivity (Wildman–Crippen MR) is 93.4 cm³/mol. The highest BCUT2D eigenvalue weighted by Gasteiger charge is 2.14. The van der Waals surface area contributed by atoms with Gasteiger partial charge in [-0.1, -0.05) is 18.2 Å². The molecule has 9 heteroatoms. The number of halogens is 1. The lowest BCUT2D eigenvalue weighted by Crippen LogP contribution is -2.12. The van der Waals surface area contributed by atoms with E-state index in [1.165, 1.54) is 17.7 Å². The molecule has 0 atom stereocenters. The normalized spacial score (nSPS) is 10.7. The standard InChI is InChI=1S/C15H12N6OS.ClH/c16-14(22)12-4-2-1-3-11(12)13-6-21-10(7-23-15(21)19-13)5-20-9-17-8-18-20;/h1-4,6-9H,5H2,(H2,16,22);1H. The quantitative estimate of drug-likeness (QED) is 0.604. The number of imidazole rings is 1. The molecular formula is C15H13ClN6OS. The first-order valence-electron chi connectivity index (χ1n) is 6.89. The van der Waals surface area contributed by atoms with E-state index in [2.05, 4.69) is 15.1 Å². The van der Waals surface area contributed by atoms with Crippen LogP contribution in [0.2, 0.25) is 0 Å². The van der Waals surface area contributed by atoms with Crippen molar-refractivity contribution in [1.82, 2.24) is 24.1 Å². The van der Waals surface area contributed by atoms with Crippen molar-refractivity contribution in [2.75, 3.05) is 0 Å². The van der Waals surface area contributed by atoms with Crippen LogP contribution < -0.4 is 5.73 Å². The molecule has 0 unspecified atom stereocenters. The number of nitrogens with two attached hydrogens (primary N) is 1. The summed E-state index contributed by atoms with van der Waals surface area (Å²) in [6, 6.07) is 7.22. The molecule has 0 saturated heterocycles. The number of carbonyl (C=O) groups excluding carboxylic acids is 1. The molecule has 2 N–H and O–H groups in total. The van der Waals surface area contributed by atoms with Crippen LogP contribution in [-0.4, -0.2) is 30.1 Å². The molecule has 3 aromatic heterocycles. The highest BCUT2D eigenvalue weighted by Crippen LogP contribution is 2.26. The van der Waals surface area contributed by atoms with Crippen LogP contribution in [0.3, 0.4) is 0 Å². The van der Waals surface area contributed by atoms with Crippen molar-refractivity contribution in [3.8, 4) is 11.3 Å². The number of nitrogens with zero attached hydrogens (tertiary/aromatic N) is 5. The third-order valence-corrected chi connectivity index (χ3v) is 4.43. The molecule has 0 spiro atoms. The van der Waals surface area contributed by atoms with Crippen LogP contribution in [0, 0.1) is 0 Å². The van der Waals surface area contributed by atoms with E-state index in [4.69, 9.17) is 5.73 Å². The lowest BCUT2D eigenvalue weighted by Gasteiger charge is -2.02. The number of amides is 1. The van der Waals surface area contributed by atoms with Gasteiger partial charge < -0.3 is 5.73 Å². The van der Waals surface area contributed by atoms with Crippen molar-refractivity contribution < 1.29 is 4.79 Å². The fourth-order valence-electron chi connectivity index (χ4n) is 2.47. The first kappa shape index (κ1) is 16.2. The number of benzene rings is 1. The van der Waals surface area contributed by atoms with Gasteiger partial charge in [0.25, 0.3) is 0 Å². The van der Waals surface area contributed by atoms with E-state index < -0.39 is 5.91 Å². The van der Waals surface area contributed by atoms with Crippen LogP contribution in [0.1, 0.15) is 16.1 Å². The maximum absolute atomic E-state index is 11.6. The summed E-state index contributed by atoms with van der Waals surface area (Å²) in [5, 5.41) is 6.15. The van der Waals surface area contributed by atoms with Crippen LogP contribution in [0.25, 0.3) is 16.2 Å². The summed E-state index contributed by atoms with van der Waals surface area (Å²) in [5.41, 5.74) is 8.43. The van der Waals surface area contributed by atoms with E-state index in [1.807, 2.05) is 28.1 Å². The van der Waals surface area contributed by atoms with Crippen molar-refractivity contribution in [3.63, 3.8) is 0 Å². The third-order valence-electron chi connectivity index (χ3n) is 3.54. The number of carbonyl (C=O) groups is 1. The van der Waals surface area contributed by atoms with Gasteiger partial charge in [-0.2, -0.15) is 5.10 Å². The molecule has 0 fully saturated rings. The molecule has 24 heavy (non-hydrogen) atoms. The minimum Gasteiger partial charge on any atom is -0.366 e. The largest absolute Gasteiger partial charge is 0.366 e. The fraction of sp³-hybridized carbons (Fsp3) is 0.0667. The van der Waals surface area contributed by atoms with E-state index >= 15 is 0 Å². The van der Waals surface area contributed by atoms with Crippen molar-refractivity contribution in [3.05, 3.63) is 59.8 Å². The zero-order valence-corrected chi connectivity index (χ0v) is 14.0. The molecule has 122 valence electrons. The van der Waals surface area contributed by atoms with E-state index in [0.29, 0.717) is 12.1 Å². The molecule has 1 aromatic carbocycles. The second-order valence-corrected chi connectivity index (χ2v) is 5.85. The maximum atomic E-state index is 11.6. The van der Waals surface area contributed by atoms with Crippen LogP contribution in [0.5, 0.6) is 0 Å². The first-order valence-corrected chi connectivity index (χ1v) is 7.77. The van der Waals surface area contributed by atoms with E-state index in [1.54, 1.807) is 23.1 Å². The molecule has 4 rings (SSSR count). The van der Waals surface area contributed by atoms with Crippen molar-refractivity contribution in [1.29, 1.82) is 0 Å².